The average molecular weight is 1020 g/mol. The number of allylic oxidation sites excluding steroid dienone is 12. The maximum Gasteiger partial charge on any atom is 0.472 e. The van der Waals surface area contributed by atoms with Gasteiger partial charge >= 0.3 is 7.82 Å². The number of phosphoric ester groups is 1. The summed E-state index contributed by atoms with van der Waals surface area (Å²) in [4.78, 5) is 23.3. The van der Waals surface area contributed by atoms with E-state index in [1.54, 1.807) is 0 Å². The number of amides is 1. The zero-order chi connectivity index (χ0) is 52.0. The molecule has 0 saturated carbocycles. The van der Waals surface area contributed by atoms with Crippen molar-refractivity contribution in [3.8, 4) is 0 Å². The predicted octanol–water partition coefficient (Wildman–Crippen LogP) is 18.3. The summed E-state index contributed by atoms with van der Waals surface area (Å²) < 4.78 is 23.8. The van der Waals surface area contributed by atoms with Gasteiger partial charge in [0.25, 0.3) is 0 Å². The number of nitrogens with zero attached hydrogens (tertiary/aromatic N) is 1. The van der Waals surface area contributed by atoms with E-state index in [0.717, 1.165) is 70.6 Å². The third-order valence-corrected chi connectivity index (χ3v) is 14.2. The molecule has 0 saturated heterocycles. The number of quaternary nitrogens is 1. The summed E-state index contributed by atoms with van der Waals surface area (Å²) >= 11 is 0. The smallest absolute Gasteiger partial charge is 0.391 e. The van der Waals surface area contributed by atoms with Crippen LogP contribution in [0.4, 0.5) is 0 Å². The van der Waals surface area contributed by atoms with Crippen molar-refractivity contribution in [3.05, 3.63) is 72.9 Å². The van der Waals surface area contributed by atoms with Gasteiger partial charge in [0.15, 0.2) is 0 Å². The van der Waals surface area contributed by atoms with Crippen LogP contribution in [-0.4, -0.2) is 73.4 Å². The van der Waals surface area contributed by atoms with Crippen molar-refractivity contribution in [3.63, 3.8) is 0 Å². The summed E-state index contributed by atoms with van der Waals surface area (Å²) in [7, 11) is 1.58. The van der Waals surface area contributed by atoms with Crippen LogP contribution in [0.5, 0.6) is 0 Å². The second kappa shape index (κ2) is 52.8. The standard InChI is InChI=1S/C62H115N2O6P/c1-6-8-10-12-14-16-18-20-22-24-26-28-29-30-31-32-33-34-36-37-39-41-43-45-47-49-51-53-55-61(65)60(59-70-71(67,68)69-58-57-64(3,4)5)63-62(66)56-54-52-50-48-46-44-42-40-38-35-27-25-23-21-19-17-15-13-11-9-7-2/h9,11,15,17,21,23,27,35,40,42,46,48,60-61,65H,6-8,10,12-14,16,18-20,22,24-26,28-34,36-39,41,43-45,47,49-59H2,1-5H3,(H-,63,66,67,68)/p+1/b11-9-,17-15-,23-21-,35-27-,42-40-,48-46-. The van der Waals surface area contributed by atoms with E-state index >= 15 is 0 Å². The van der Waals surface area contributed by atoms with Crippen LogP contribution < -0.4 is 5.32 Å². The second-order valence-corrected chi connectivity index (χ2v) is 22.8. The quantitative estimate of drug-likeness (QED) is 0.0243. The van der Waals surface area contributed by atoms with Crippen molar-refractivity contribution in [2.45, 2.75) is 276 Å². The first kappa shape index (κ1) is 68.9. The van der Waals surface area contributed by atoms with Crippen molar-refractivity contribution >= 4 is 13.7 Å². The number of rotatable bonds is 54. The highest BCUT2D eigenvalue weighted by Gasteiger charge is 2.28. The number of unbranched alkanes of at least 4 members (excludes halogenated alkanes) is 29. The first-order valence-electron chi connectivity index (χ1n) is 29.8. The molecule has 8 nitrogen and oxygen atoms in total. The Hall–Kier alpha value is -2.06. The van der Waals surface area contributed by atoms with E-state index in [4.69, 9.17) is 9.05 Å². The molecule has 0 aliphatic rings. The maximum atomic E-state index is 13.0. The summed E-state index contributed by atoms with van der Waals surface area (Å²) in [6.45, 7) is 4.76. The van der Waals surface area contributed by atoms with Crippen molar-refractivity contribution < 1.29 is 32.9 Å². The lowest BCUT2D eigenvalue weighted by Crippen LogP contribution is -2.46. The van der Waals surface area contributed by atoms with E-state index in [0.29, 0.717) is 30.3 Å². The normalized spacial score (nSPS) is 14.4. The molecule has 0 radical (unpaired) electrons. The first-order chi connectivity index (χ1) is 34.5. The van der Waals surface area contributed by atoms with Gasteiger partial charge in [-0.25, -0.2) is 4.57 Å². The van der Waals surface area contributed by atoms with Crippen LogP contribution in [-0.2, 0) is 18.4 Å². The van der Waals surface area contributed by atoms with Gasteiger partial charge in [-0.2, -0.15) is 0 Å². The lowest BCUT2D eigenvalue weighted by molar-refractivity contribution is -0.870. The highest BCUT2D eigenvalue weighted by Crippen LogP contribution is 2.43. The van der Waals surface area contributed by atoms with Gasteiger partial charge in [-0.3, -0.25) is 13.8 Å². The number of likely N-dealkylation sites (N-methyl/N-ethyl adjacent to an activating group) is 1. The van der Waals surface area contributed by atoms with Gasteiger partial charge < -0.3 is 19.8 Å². The minimum Gasteiger partial charge on any atom is -0.391 e. The zero-order valence-electron chi connectivity index (χ0n) is 47.2. The van der Waals surface area contributed by atoms with Crippen LogP contribution in [0.3, 0.4) is 0 Å². The molecule has 0 aromatic heterocycles. The molecule has 0 rings (SSSR count). The summed E-state index contributed by atoms with van der Waals surface area (Å²) in [5.41, 5.74) is 0. The van der Waals surface area contributed by atoms with E-state index in [9.17, 15) is 19.4 Å². The molecular formula is C62H116N2O6P+. The molecule has 0 aliphatic carbocycles. The highest BCUT2D eigenvalue weighted by atomic mass is 31.2. The fraction of sp³-hybridized carbons (Fsp3) is 0.790. The third-order valence-electron chi connectivity index (χ3n) is 13.2. The summed E-state index contributed by atoms with van der Waals surface area (Å²) in [6.07, 6.45) is 72.6. The van der Waals surface area contributed by atoms with Crippen LogP contribution in [0.25, 0.3) is 0 Å². The number of nitrogens with one attached hydrogen (secondary N) is 1. The Balaban J connectivity index is 4.20. The van der Waals surface area contributed by atoms with E-state index in [1.165, 1.54) is 161 Å². The number of carbonyl (C=O) groups is 1. The molecular weight excluding hydrogens is 900 g/mol. The largest absolute Gasteiger partial charge is 0.472 e. The van der Waals surface area contributed by atoms with Crippen LogP contribution in [0.15, 0.2) is 72.9 Å². The molecule has 414 valence electrons. The van der Waals surface area contributed by atoms with Crippen molar-refractivity contribution in [2.24, 2.45) is 0 Å². The number of hydrogen-bond acceptors (Lipinski definition) is 5. The molecule has 0 aromatic carbocycles. The van der Waals surface area contributed by atoms with Crippen LogP contribution in [0.2, 0.25) is 0 Å². The first-order valence-corrected chi connectivity index (χ1v) is 31.3. The number of carbonyl (C=O) groups excluding carboxylic acids is 1. The minimum atomic E-state index is -4.34. The molecule has 0 aromatic rings. The van der Waals surface area contributed by atoms with E-state index in [2.05, 4.69) is 92.1 Å². The van der Waals surface area contributed by atoms with Gasteiger partial charge in [-0.05, 0) is 64.2 Å². The molecule has 1 amide bonds. The predicted molar refractivity (Wildman–Crippen MR) is 309 cm³/mol. The summed E-state index contributed by atoms with van der Waals surface area (Å²) in [5, 5.41) is 14.1. The molecule has 0 bridgehead atoms. The molecule has 3 unspecified atom stereocenters. The SMILES string of the molecule is CC/C=C\C/C=C\C/C=C\C/C=C\C/C=C\C/C=C\CCCCC(=O)NC(COP(=O)(O)OCC[N+](C)(C)C)C(O)CCCCCCCCCCCCCCCCCCCCCCCCCCCCCC. The molecule has 3 atom stereocenters. The van der Waals surface area contributed by atoms with E-state index in [-0.39, 0.29) is 19.1 Å². The number of hydrogen-bond donors (Lipinski definition) is 3. The fourth-order valence-corrected chi connectivity index (χ4v) is 9.32. The van der Waals surface area contributed by atoms with Crippen LogP contribution in [0, 0.1) is 0 Å². The van der Waals surface area contributed by atoms with Gasteiger partial charge in [-0.15, -0.1) is 0 Å². The van der Waals surface area contributed by atoms with Crippen LogP contribution >= 0.6 is 7.82 Å². The van der Waals surface area contributed by atoms with Crippen molar-refractivity contribution in [1.29, 1.82) is 0 Å². The Morgan fingerprint density at radius 2 is 0.845 bits per heavy atom. The van der Waals surface area contributed by atoms with Gasteiger partial charge in [0.2, 0.25) is 5.91 Å². The van der Waals surface area contributed by atoms with E-state index < -0.39 is 20.0 Å². The average Bonchev–Trinajstić information content (AvgIpc) is 3.33. The zero-order valence-corrected chi connectivity index (χ0v) is 48.1. The Morgan fingerprint density at radius 3 is 1.21 bits per heavy atom. The minimum absolute atomic E-state index is 0.0628. The van der Waals surface area contributed by atoms with Gasteiger partial charge in [-0.1, -0.05) is 267 Å². The second-order valence-electron chi connectivity index (χ2n) is 21.3. The van der Waals surface area contributed by atoms with Crippen LogP contribution in [0.1, 0.15) is 264 Å². The molecule has 0 heterocycles. The maximum absolute atomic E-state index is 13.0. The Morgan fingerprint density at radius 1 is 0.493 bits per heavy atom. The molecule has 9 heteroatoms. The molecule has 3 N–H and O–H groups in total. The number of aliphatic hydroxyl groups excluding tert-OH is 1. The number of aliphatic hydroxyl groups is 1. The third kappa shape index (κ3) is 55.5. The van der Waals surface area contributed by atoms with Crippen molar-refractivity contribution in [2.75, 3.05) is 40.9 Å². The fourth-order valence-electron chi connectivity index (χ4n) is 8.58. The Kier molecular flexibility index (Phi) is 51.3. The molecule has 0 spiro atoms. The lowest BCUT2D eigenvalue weighted by atomic mass is 10.0. The topological polar surface area (TPSA) is 105 Å². The molecule has 0 aliphatic heterocycles. The van der Waals surface area contributed by atoms with E-state index in [1.807, 2.05) is 21.1 Å². The van der Waals surface area contributed by atoms with Gasteiger partial charge in [0, 0.05) is 6.42 Å². The van der Waals surface area contributed by atoms with Crippen molar-refractivity contribution in [1.82, 2.24) is 5.32 Å². The lowest BCUT2D eigenvalue weighted by Gasteiger charge is -2.26. The molecule has 71 heavy (non-hydrogen) atoms. The molecule has 0 fully saturated rings. The van der Waals surface area contributed by atoms with Gasteiger partial charge in [0.05, 0.1) is 39.9 Å². The summed E-state index contributed by atoms with van der Waals surface area (Å²) in [5.74, 6) is -0.186. The Labute approximate surface area is 440 Å². The highest BCUT2D eigenvalue weighted by molar-refractivity contribution is 7.47. The monoisotopic (exact) mass is 1020 g/mol. The summed E-state index contributed by atoms with van der Waals surface area (Å²) in [6, 6.07) is -0.790. The Bertz CT molecular complexity index is 1380. The number of phosphoric acid groups is 1. The van der Waals surface area contributed by atoms with Gasteiger partial charge in [0.1, 0.15) is 13.2 Å².